The molecule has 0 spiro atoms. The van der Waals surface area contributed by atoms with Gasteiger partial charge in [-0.2, -0.15) is 0 Å². The fourth-order valence-electron chi connectivity index (χ4n) is 2.13. The number of hydrogen-bond donors (Lipinski definition) is 1. The third kappa shape index (κ3) is 5.55. The smallest absolute Gasteiger partial charge is 0.0334 e. The number of rotatable bonds is 8. The Morgan fingerprint density at radius 1 is 1.00 bits per heavy atom. The van der Waals surface area contributed by atoms with Crippen molar-refractivity contribution in [3.05, 3.63) is 44.3 Å². The molecule has 0 atom stereocenters. The maximum absolute atomic E-state index is 3.49. The minimum Gasteiger partial charge on any atom is -0.310 e. The molecule has 116 valence electrons. The lowest BCUT2D eigenvalue weighted by atomic mass is 10.3. The van der Waals surface area contributed by atoms with Crippen LogP contribution in [0.3, 0.4) is 0 Å². The Balaban J connectivity index is 1.94. The van der Waals surface area contributed by atoms with E-state index in [-0.39, 0.29) is 0 Å². The van der Waals surface area contributed by atoms with Crippen molar-refractivity contribution < 1.29 is 0 Å². The molecule has 0 bridgehead atoms. The van der Waals surface area contributed by atoms with Crippen LogP contribution >= 0.6 is 22.7 Å². The predicted molar refractivity (Wildman–Crippen MR) is 95.0 cm³/mol. The Labute approximate surface area is 136 Å². The largest absolute Gasteiger partial charge is 0.310 e. The summed E-state index contributed by atoms with van der Waals surface area (Å²) in [6.45, 7) is 12.0. The highest BCUT2D eigenvalue weighted by atomic mass is 32.1. The van der Waals surface area contributed by atoms with Gasteiger partial charge in [-0.25, -0.2) is 0 Å². The molecular formula is C17H26N2S2. The molecule has 1 N–H and O–H groups in total. The average molecular weight is 323 g/mol. The Bertz CT molecular complexity index is 515. The first-order valence-electron chi connectivity index (χ1n) is 7.62. The third-order valence-electron chi connectivity index (χ3n) is 3.43. The molecule has 0 aliphatic rings. The highest BCUT2D eigenvalue weighted by Crippen LogP contribution is 2.22. The van der Waals surface area contributed by atoms with Crippen LogP contribution in [0.1, 0.15) is 42.3 Å². The SMILES string of the molecule is CC(C)NCc1ccc(CN(Cc2cccs2)C(C)C)s1. The molecular weight excluding hydrogens is 296 g/mol. The van der Waals surface area contributed by atoms with Gasteiger partial charge in [-0.3, -0.25) is 4.90 Å². The summed E-state index contributed by atoms with van der Waals surface area (Å²) in [6.07, 6.45) is 0. The van der Waals surface area contributed by atoms with Crippen LogP contribution in [0, 0.1) is 0 Å². The first-order chi connectivity index (χ1) is 10.0. The standard InChI is InChI=1S/C17H26N2S2/c1-13(2)18-10-15-7-8-17(21-15)12-19(14(3)4)11-16-6-5-9-20-16/h5-9,13-14,18H,10-12H2,1-4H3. The summed E-state index contributed by atoms with van der Waals surface area (Å²) in [5.74, 6) is 0. The Morgan fingerprint density at radius 2 is 1.71 bits per heavy atom. The molecule has 0 aliphatic heterocycles. The van der Waals surface area contributed by atoms with Gasteiger partial charge in [0.25, 0.3) is 0 Å². The van der Waals surface area contributed by atoms with Crippen LogP contribution in [-0.2, 0) is 19.6 Å². The molecule has 0 fully saturated rings. The molecule has 0 saturated carbocycles. The van der Waals surface area contributed by atoms with Crippen molar-refractivity contribution in [1.29, 1.82) is 0 Å². The van der Waals surface area contributed by atoms with Gasteiger partial charge in [-0.15, -0.1) is 22.7 Å². The summed E-state index contributed by atoms with van der Waals surface area (Å²) in [5.41, 5.74) is 0. The van der Waals surface area contributed by atoms with Gasteiger partial charge < -0.3 is 5.32 Å². The van der Waals surface area contributed by atoms with Gasteiger partial charge >= 0.3 is 0 Å². The van der Waals surface area contributed by atoms with Crippen molar-refractivity contribution >= 4 is 22.7 Å². The van der Waals surface area contributed by atoms with Crippen LogP contribution in [0.15, 0.2) is 29.6 Å². The topological polar surface area (TPSA) is 15.3 Å². The molecule has 21 heavy (non-hydrogen) atoms. The Morgan fingerprint density at radius 3 is 2.33 bits per heavy atom. The van der Waals surface area contributed by atoms with Crippen LogP contribution in [-0.4, -0.2) is 17.0 Å². The normalized spacial score (nSPS) is 12.0. The Hall–Kier alpha value is -0.680. The van der Waals surface area contributed by atoms with E-state index < -0.39 is 0 Å². The van der Waals surface area contributed by atoms with Gasteiger partial charge in [-0.1, -0.05) is 19.9 Å². The van der Waals surface area contributed by atoms with Crippen LogP contribution in [0.25, 0.3) is 0 Å². The van der Waals surface area contributed by atoms with Crippen molar-refractivity contribution in [1.82, 2.24) is 10.2 Å². The van der Waals surface area contributed by atoms with Crippen molar-refractivity contribution in [3.63, 3.8) is 0 Å². The molecule has 2 aromatic heterocycles. The molecule has 2 aromatic rings. The fraction of sp³-hybridized carbons (Fsp3) is 0.529. The van der Waals surface area contributed by atoms with E-state index in [1.165, 1.54) is 14.6 Å². The van der Waals surface area contributed by atoms with Gasteiger partial charge in [0.05, 0.1) is 0 Å². The summed E-state index contributed by atoms with van der Waals surface area (Å²) in [7, 11) is 0. The lowest BCUT2D eigenvalue weighted by Gasteiger charge is -2.25. The molecule has 2 nitrogen and oxygen atoms in total. The second-order valence-electron chi connectivity index (χ2n) is 5.98. The lowest BCUT2D eigenvalue weighted by Crippen LogP contribution is -2.29. The van der Waals surface area contributed by atoms with Crippen molar-refractivity contribution in [3.8, 4) is 0 Å². The lowest BCUT2D eigenvalue weighted by molar-refractivity contribution is 0.207. The fourth-order valence-corrected chi connectivity index (χ4v) is 3.86. The van der Waals surface area contributed by atoms with E-state index in [0.717, 1.165) is 19.6 Å². The Kier molecular flexibility index (Phi) is 6.42. The van der Waals surface area contributed by atoms with Gasteiger partial charge in [-0.05, 0) is 37.4 Å². The van der Waals surface area contributed by atoms with Gasteiger partial charge in [0.15, 0.2) is 0 Å². The van der Waals surface area contributed by atoms with Crippen molar-refractivity contribution in [2.45, 2.75) is 59.4 Å². The quantitative estimate of drug-likeness (QED) is 0.756. The van der Waals surface area contributed by atoms with Crippen LogP contribution in [0.2, 0.25) is 0 Å². The molecule has 0 radical (unpaired) electrons. The van der Waals surface area contributed by atoms with Gasteiger partial charge in [0.2, 0.25) is 0 Å². The first kappa shape index (κ1) is 16.7. The van der Waals surface area contributed by atoms with E-state index in [1.807, 2.05) is 22.7 Å². The molecule has 4 heteroatoms. The number of nitrogens with one attached hydrogen (secondary N) is 1. The zero-order chi connectivity index (χ0) is 15.2. The van der Waals surface area contributed by atoms with E-state index in [1.54, 1.807) is 0 Å². The predicted octanol–water partition coefficient (Wildman–Crippen LogP) is 4.72. The molecule has 0 aromatic carbocycles. The van der Waals surface area contributed by atoms with Crippen LogP contribution < -0.4 is 5.32 Å². The molecule has 0 unspecified atom stereocenters. The van der Waals surface area contributed by atoms with Crippen molar-refractivity contribution in [2.75, 3.05) is 0 Å². The number of thiophene rings is 2. The minimum absolute atomic E-state index is 0.543. The molecule has 2 rings (SSSR count). The minimum atomic E-state index is 0.543. The van der Waals surface area contributed by atoms with E-state index in [2.05, 4.69) is 67.6 Å². The molecule has 0 saturated heterocycles. The van der Waals surface area contributed by atoms with Gasteiger partial charge in [0, 0.05) is 46.3 Å². The summed E-state index contributed by atoms with van der Waals surface area (Å²) in [4.78, 5) is 6.87. The van der Waals surface area contributed by atoms with E-state index >= 15 is 0 Å². The zero-order valence-corrected chi connectivity index (χ0v) is 15.1. The first-order valence-corrected chi connectivity index (χ1v) is 9.31. The summed E-state index contributed by atoms with van der Waals surface area (Å²) in [5, 5.41) is 5.65. The summed E-state index contributed by atoms with van der Waals surface area (Å²) >= 11 is 3.78. The molecule has 2 heterocycles. The highest BCUT2D eigenvalue weighted by molar-refractivity contribution is 7.12. The second kappa shape index (κ2) is 8.08. The van der Waals surface area contributed by atoms with Crippen LogP contribution in [0.4, 0.5) is 0 Å². The maximum atomic E-state index is 3.49. The van der Waals surface area contributed by atoms with E-state index in [9.17, 15) is 0 Å². The monoisotopic (exact) mass is 322 g/mol. The molecule has 0 aliphatic carbocycles. The van der Waals surface area contributed by atoms with Gasteiger partial charge in [0.1, 0.15) is 0 Å². The summed E-state index contributed by atoms with van der Waals surface area (Å²) in [6, 6.07) is 10.0. The summed E-state index contributed by atoms with van der Waals surface area (Å²) < 4.78 is 0. The molecule has 0 amide bonds. The van der Waals surface area contributed by atoms with Crippen LogP contribution in [0.5, 0.6) is 0 Å². The van der Waals surface area contributed by atoms with E-state index in [0.29, 0.717) is 12.1 Å². The van der Waals surface area contributed by atoms with E-state index in [4.69, 9.17) is 0 Å². The highest BCUT2D eigenvalue weighted by Gasteiger charge is 2.13. The maximum Gasteiger partial charge on any atom is 0.0334 e. The third-order valence-corrected chi connectivity index (χ3v) is 5.36. The van der Waals surface area contributed by atoms with Crippen molar-refractivity contribution in [2.24, 2.45) is 0 Å². The average Bonchev–Trinajstić information content (AvgIpc) is 3.07. The number of hydrogen-bond acceptors (Lipinski definition) is 4. The second-order valence-corrected chi connectivity index (χ2v) is 8.27. The number of nitrogens with zero attached hydrogens (tertiary/aromatic N) is 1. The zero-order valence-electron chi connectivity index (χ0n) is 13.4.